The van der Waals surface area contributed by atoms with Gasteiger partial charge in [0, 0.05) is 13.1 Å². The third-order valence-corrected chi connectivity index (χ3v) is 3.85. The van der Waals surface area contributed by atoms with Crippen LogP contribution >= 0.6 is 12.4 Å². The lowest BCUT2D eigenvalue weighted by Crippen LogP contribution is -2.29. The monoisotopic (exact) mass is 318 g/mol. The minimum absolute atomic E-state index is 0. The van der Waals surface area contributed by atoms with Crippen molar-refractivity contribution in [3.8, 4) is 0 Å². The summed E-state index contributed by atoms with van der Waals surface area (Å²) in [6.07, 6.45) is -4.49. The Morgan fingerprint density at radius 3 is 2.32 bits per heavy atom. The highest BCUT2D eigenvalue weighted by atomic mass is 35.5. The third kappa shape index (κ3) is 4.64. The molecule has 1 aromatic rings. The van der Waals surface area contributed by atoms with Crippen LogP contribution in [0.4, 0.5) is 13.2 Å². The maximum atomic E-state index is 12.4. The first-order chi connectivity index (χ1) is 8.18. The second-order valence-electron chi connectivity index (χ2n) is 3.66. The Morgan fingerprint density at radius 2 is 1.89 bits per heavy atom. The van der Waals surface area contributed by atoms with E-state index in [1.54, 1.807) is 0 Å². The molecule has 0 aliphatic carbocycles. The molecule has 0 aliphatic heterocycles. The van der Waals surface area contributed by atoms with Crippen molar-refractivity contribution >= 4 is 22.4 Å². The van der Waals surface area contributed by atoms with Crippen molar-refractivity contribution in [1.82, 2.24) is 4.72 Å². The van der Waals surface area contributed by atoms with Crippen molar-refractivity contribution in [3.05, 3.63) is 29.3 Å². The molecule has 9 heteroatoms. The standard InChI is InChI=1S/C10H13F3N2O2S.ClH/c1-7-6-8(10(11,12)13)2-3-9(7)18(16,17)15-5-4-14;/h2-3,6,15H,4-5,14H2,1H3;1H. The first-order valence-electron chi connectivity index (χ1n) is 5.06. The average Bonchev–Trinajstić information content (AvgIpc) is 2.24. The first kappa shape index (κ1) is 18.2. The van der Waals surface area contributed by atoms with Gasteiger partial charge in [0.25, 0.3) is 0 Å². The zero-order chi connectivity index (χ0) is 14.0. The molecule has 0 bridgehead atoms. The molecule has 0 fully saturated rings. The number of hydrogen-bond donors (Lipinski definition) is 2. The molecule has 0 saturated heterocycles. The summed E-state index contributed by atoms with van der Waals surface area (Å²) in [5.74, 6) is 0. The lowest BCUT2D eigenvalue weighted by molar-refractivity contribution is -0.137. The predicted molar refractivity (Wildman–Crippen MR) is 67.7 cm³/mol. The van der Waals surface area contributed by atoms with E-state index in [2.05, 4.69) is 4.72 Å². The normalized spacial score (nSPS) is 12.1. The molecule has 3 N–H and O–H groups in total. The molecule has 0 heterocycles. The van der Waals surface area contributed by atoms with Crippen LogP contribution in [0.3, 0.4) is 0 Å². The van der Waals surface area contributed by atoms with Crippen LogP contribution in [0, 0.1) is 6.92 Å². The zero-order valence-corrected chi connectivity index (χ0v) is 11.6. The summed E-state index contributed by atoms with van der Waals surface area (Å²) in [6, 6.07) is 2.48. The summed E-state index contributed by atoms with van der Waals surface area (Å²) in [6.45, 7) is 1.45. The Hall–Kier alpha value is -0.830. The number of hydrogen-bond acceptors (Lipinski definition) is 3. The Bertz CT molecular complexity index is 532. The Balaban J connectivity index is 0.00000324. The number of nitrogens with one attached hydrogen (secondary N) is 1. The van der Waals surface area contributed by atoms with Crippen molar-refractivity contribution in [2.45, 2.75) is 18.0 Å². The molecule has 0 aliphatic rings. The number of sulfonamides is 1. The highest BCUT2D eigenvalue weighted by Gasteiger charge is 2.31. The van der Waals surface area contributed by atoms with Crippen LogP contribution in [0.1, 0.15) is 11.1 Å². The van der Waals surface area contributed by atoms with E-state index in [1.807, 2.05) is 0 Å². The van der Waals surface area contributed by atoms with Crippen molar-refractivity contribution in [2.24, 2.45) is 5.73 Å². The fraction of sp³-hybridized carbons (Fsp3) is 0.400. The predicted octanol–water partition coefficient (Wildman–Crippen LogP) is 1.67. The van der Waals surface area contributed by atoms with Gasteiger partial charge in [0.15, 0.2) is 0 Å². The van der Waals surface area contributed by atoms with Gasteiger partial charge in [-0.25, -0.2) is 13.1 Å². The van der Waals surface area contributed by atoms with Crippen LogP contribution in [0.2, 0.25) is 0 Å². The van der Waals surface area contributed by atoms with Crippen molar-refractivity contribution in [1.29, 1.82) is 0 Å². The van der Waals surface area contributed by atoms with E-state index >= 15 is 0 Å². The summed E-state index contributed by atoms with van der Waals surface area (Å²) in [7, 11) is -3.81. The summed E-state index contributed by atoms with van der Waals surface area (Å²) in [5.41, 5.74) is 4.32. The molecule has 0 saturated carbocycles. The maximum absolute atomic E-state index is 12.4. The van der Waals surface area contributed by atoms with Gasteiger partial charge in [0.1, 0.15) is 0 Å². The summed E-state index contributed by atoms with van der Waals surface area (Å²) < 4.78 is 62.9. The molecule has 0 aromatic heterocycles. The van der Waals surface area contributed by atoms with Gasteiger partial charge in [-0.1, -0.05) is 0 Å². The number of benzene rings is 1. The van der Waals surface area contributed by atoms with Gasteiger partial charge in [-0.05, 0) is 30.7 Å². The fourth-order valence-electron chi connectivity index (χ4n) is 1.40. The Labute approximate surface area is 115 Å². The smallest absolute Gasteiger partial charge is 0.329 e. The second kappa shape index (κ2) is 6.56. The lowest BCUT2D eigenvalue weighted by Gasteiger charge is -2.12. The van der Waals surface area contributed by atoms with Gasteiger partial charge in [-0.15, -0.1) is 12.4 Å². The second-order valence-corrected chi connectivity index (χ2v) is 5.40. The quantitative estimate of drug-likeness (QED) is 0.887. The molecule has 0 amide bonds. The minimum atomic E-state index is -4.49. The van der Waals surface area contributed by atoms with Gasteiger partial charge < -0.3 is 5.73 Å². The van der Waals surface area contributed by atoms with Gasteiger partial charge in [-0.3, -0.25) is 0 Å². The largest absolute Gasteiger partial charge is 0.416 e. The molecular weight excluding hydrogens is 305 g/mol. The molecule has 0 atom stereocenters. The number of halogens is 4. The van der Waals surface area contributed by atoms with Gasteiger partial charge in [0.05, 0.1) is 10.5 Å². The number of rotatable bonds is 4. The van der Waals surface area contributed by atoms with Crippen molar-refractivity contribution < 1.29 is 21.6 Å². The lowest BCUT2D eigenvalue weighted by atomic mass is 10.1. The SMILES string of the molecule is Cc1cc(C(F)(F)F)ccc1S(=O)(=O)NCCN.Cl. The van der Waals surface area contributed by atoms with Crippen molar-refractivity contribution in [2.75, 3.05) is 13.1 Å². The van der Waals surface area contributed by atoms with E-state index in [1.165, 1.54) is 6.92 Å². The molecular formula is C10H14ClF3N2O2S. The topological polar surface area (TPSA) is 72.2 Å². The third-order valence-electron chi connectivity index (χ3n) is 2.23. The number of nitrogens with two attached hydrogens (primary N) is 1. The Morgan fingerprint density at radius 1 is 1.32 bits per heavy atom. The minimum Gasteiger partial charge on any atom is -0.329 e. The highest BCUT2D eigenvalue weighted by molar-refractivity contribution is 7.89. The Kier molecular flexibility index (Phi) is 6.27. The molecule has 4 nitrogen and oxygen atoms in total. The molecule has 1 rings (SSSR count). The van der Waals surface area contributed by atoms with Gasteiger partial charge in [0.2, 0.25) is 10.0 Å². The maximum Gasteiger partial charge on any atom is 0.416 e. The molecule has 0 unspecified atom stereocenters. The van der Waals surface area contributed by atoms with E-state index in [0.717, 1.165) is 18.2 Å². The van der Waals surface area contributed by atoms with E-state index in [4.69, 9.17) is 5.73 Å². The molecule has 19 heavy (non-hydrogen) atoms. The van der Waals surface area contributed by atoms with Crippen molar-refractivity contribution in [3.63, 3.8) is 0 Å². The highest BCUT2D eigenvalue weighted by Crippen LogP contribution is 2.31. The van der Waals surface area contributed by atoms with Crippen LogP contribution in [0.25, 0.3) is 0 Å². The zero-order valence-electron chi connectivity index (χ0n) is 9.99. The fourth-order valence-corrected chi connectivity index (χ4v) is 2.67. The van der Waals surface area contributed by atoms with Crippen LogP contribution in [-0.2, 0) is 16.2 Å². The molecule has 0 radical (unpaired) electrons. The van der Waals surface area contributed by atoms with Crippen LogP contribution < -0.4 is 10.5 Å². The summed E-state index contributed by atoms with van der Waals surface area (Å²) in [4.78, 5) is -0.177. The summed E-state index contributed by atoms with van der Waals surface area (Å²) >= 11 is 0. The van der Waals surface area contributed by atoms with Crippen LogP contribution in [0.15, 0.2) is 23.1 Å². The number of alkyl halides is 3. The average molecular weight is 319 g/mol. The van der Waals surface area contributed by atoms with E-state index in [0.29, 0.717) is 0 Å². The van der Waals surface area contributed by atoms with Crippen LogP contribution in [0.5, 0.6) is 0 Å². The molecule has 0 spiro atoms. The van der Waals surface area contributed by atoms with Gasteiger partial charge >= 0.3 is 6.18 Å². The van der Waals surface area contributed by atoms with E-state index < -0.39 is 21.8 Å². The van der Waals surface area contributed by atoms with E-state index in [9.17, 15) is 21.6 Å². The van der Waals surface area contributed by atoms with Crippen LogP contribution in [-0.4, -0.2) is 21.5 Å². The number of aryl methyl sites for hydroxylation is 1. The molecule has 1 aromatic carbocycles. The first-order valence-corrected chi connectivity index (χ1v) is 6.54. The summed E-state index contributed by atoms with van der Waals surface area (Å²) in [5, 5.41) is 0. The van der Waals surface area contributed by atoms with Gasteiger partial charge in [-0.2, -0.15) is 13.2 Å². The van der Waals surface area contributed by atoms with E-state index in [-0.39, 0.29) is 36.0 Å². The molecule has 110 valence electrons.